The fraction of sp³-hybridized carbons (Fsp3) is 0.176. The summed E-state index contributed by atoms with van der Waals surface area (Å²) in [5, 5.41) is 1.69. The minimum Gasteiger partial charge on any atom is -0.273 e. The van der Waals surface area contributed by atoms with Crippen LogP contribution in [0.2, 0.25) is 0 Å². The highest BCUT2D eigenvalue weighted by Gasteiger charge is 2.31. The molecule has 2 aromatic rings. The lowest BCUT2D eigenvalue weighted by Gasteiger charge is -2.26. The van der Waals surface area contributed by atoms with Crippen molar-refractivity contribution in [2.45, 2.75) is 13.3 Å². The maximum atomic E-state index is 12.5. The van der Waals surface area contributed by atoms with Gasteiger partial charge >= 0.3 is 0 Å². The van der Waals surface area contributed by atoms with E-state index in [0.717, 1.165) is 10.8 Å². The van der Waals surface area contributed by atoms with Crippen molar-refractivity contribution >= 4 is 22.6 Å². The molecule has 0 unspecified atom stereocenters. The van der Waals surface area contributed by atoms with Crippen LogP contribution in [0.4, 0.5) is 0 Å². The molecule has 3 rings (SSSR count). The van der Waals surface area contributed by atoms with Gasteiger partial charge in [0.15, 0.2) is 0 Å². The molecule has 0 spiro atoms. The van der Waals surface area contributed by atoms with E-state index in [0.29, 0.717) is 24.1 Å². The third kappa shape index (κ3) is 1.78. The summed E-state index contributed by atoms with van der Waals surface area (Å²) in [6, 6.07) is 11.1. The van der Waals surface area contributed by atoms with E-state index >= 15 is 0 Å². The molecule has 0 bridgehead atoms. The maximum absolute atomic E-state index is 12.5. The molecule has 2 amide bonds. The molecule has 0 radical (unpaired) electrons. The molecule has 20 heavy (non-hydrogen) atoms. The Kier molecular flexibility index (Phi) is 3.00. The van der Waals surface area contributed by atoms with Crippen LogP contribution in [0.25, 0.3) is 10.8 Å². The molecular formula is C17H13NO2. The second-order valence-electron chi connectivity index (χ2n) is 4.65. The number of rotatable bonds is 2. The van der Waals surface area contributed by atoms with Crippen molar-refractivity contribution in [1.29, 1.82) is 0 Å². The van der Waals surface area contributed by atoms with Gasteiger partial charge in [0, 0.05) is 29.5 Å². The summed E-state index contributed by atoms with van der Waals surface area (Å²) in [7, 11) is 0. The first-order valence-corrected chi connectivity index (χ1v) is 6.51. The molecule has 3 heteroatoms. The smallest absolute Gasteiger partial charge is 0.261 e. The van der Waals surface area contributed by atoms with E-state index in [1.54, 1.807) is 19.1 Å². The van der Waals surface area contributed by atoms with Crippen LogP contribution in [0.15, 0.2) is 36.4 Å². The normalized spacial score (nSPS) is 13.3. The average molecular weight is 263 g/mol. The molecule has 1 aliphatic heterocycles. The maximum Gasteiger partial charge on any atom is 0.261 e. The number of hydrogen-bond acceptors (Lipinski definition) is 2. The Balaban J connectivity index is 2.13. The topological polar surface area (TPSA) is 37.4 Å². The Morgan fingerprint density at radius 1 is 1.00 bits per heavy atom. The van der Waals surface area contributed by atoms with Crippen molar-refractivity contribution in [2.24, 2.45) is 0 Å². The zero-order valence-corrected chi connectivity index (χ0v) is 11.1. The Morgan fingerprint density at radius 2 is 1.60 bits per heavy atom. The molecule has 2 aromatic carbocycles. The highest BCUT2D eigenvalue weighted by molar-refractivity contribution is 6.25. The number of hydrogen-bond donors (Lipinski definition) is 0. The number of nitrogens with zero attached hydrogens (tertiary/aromatic N) is 1. The van der Waals surface area contributed by atoms with Gasteiger partial charge < -0.3 is 0 Å². The monoisotopic (exact) mass is 263 g/mol. The number of carbonyl (C=O) groups is 2. The number of amides is 2. The molecule has 0 aromatic heterocycles. The van der Waals surface area contributed by atoms with Crippen molar-refractivity contribution in [1.82, 2.24) is 4.90 Å². The molecule has 0 fully saturated rings. The predicted octanol–water partition coefficient (Wildman–Crippen LogP) is 2.85. The fourth-order valence-corrected chi connectivity index (χ4v) is 2.58. The third-order valence-electron chi connectivity index (χ3n) is 3.49. The van der Waals surface area contributed by atoms with Gasteiger partial charge in [0.25, 0.3) is 11.8 Å². The Bertz CT molecular complexity index is 730. The molecule has 0 N–H and O–H groups in total. The van der Waals surface area contributed by atoms with Gasteiger partial charge in [-0.15, -0.1) is 11.8 Å². The zero-order valence-electron chi connectivity index (χ0n) is 11.1. The van der Waals surface area contributed by atoms with Crippen molar-refractivity contribution in [3.63, 3.8) is 0 Å². The van der Waals surface area contributed by atoms with Crippen LogP contribution in [0, 0.1) is 11.8 Å². The Morgan fingerprint density at radius 3 is 2.15 bits per heavy atom. The van der Waals surface area contributed by atoms with Crippen molar-refractivity contribution in [3.05, 3.63) is 47.5 Å². The highest BCUT2D eigenvalue weighted by Crippen LogP contribution is 2.29. The quantitative estimate of drug-likeness (QED) is 0.617. The largest absolute Gasteiger partial charge is 0.273 e. The molecule has 0 saturated carbocycles. The van der Waals surface area contributed by atoms with Crippen molar-refractivity contribution in [2.75, 3.05) is 6.54 Å². The zero-order chi connectivity index (χ0) is 14.1. The van der Waals surface area contributed by atoms with E-state index in [4.69, 9.17) is 0 Å². The van der Waals surface area contributed by atoms with Gasteiger partial charge in [-0.1, -0.05) is 24.3 Å². The molecular weight excluding hydrogens is 250 g/mol. The van der Waals surface area contributed by atoms with E-state index in [-0.39, 0.29) is 11.8 Å². The van der Waals surface area contributed by atoms with Gasteiger partial charge in [-0.3, -0.25) is 14.5 Å². The first-order chi connectivity index (χ1) is 9.74. The molecule has 0 aliphatic carbocycles. The van der Waals surface area contributed by atoms with Crippen LogP contribution in [-0.4, -0.2) is 23.3 Å². The second-order valence-corrected chi connectivity index (χ2v) is 4.65. The summed E-state index contributed by atoms with van der Waals surface area (Å²) in [5.74, 6) is 5.22. The molecule has 0 saturated heterocycles. The highest BCUT2D eigenvalue weighted by atomic mass is 16.2. The molecule has 3 nitrogen and oxygen atoms in total. The summed E-state index contributed by atoms with van der Waals surface area (Å²) in [6.07, 6.45) is 0.506. The van der Waals surface area contributed by atoms with E-state index in [9.17, 15) is 9.59 Å². The Hall–Kier alpha value is -2.60. The van der Waals surface area contributed by atoms with Gasteiger partial charge in [-0.2, -0.15) is 0 Å². The number of carbonyl (C=O) groups excluding carboxylic acids is 2. The summed E-state index contributed by atoms with van der Waals surface area (Å²) in [5.41, 5.74) is 1.20. The Labute approximate surface area is 117 Å². The van der Waals surface area contributed by atoms with Gasteiger partial charge in [-0.25, -0.2) is 0 Å². The van der Waals surface area contributed by atoms with E-state index in [1.807, 2.05) is 24.3 Å². The van der Waals surface area contributed by atoms with Gasteiger partial charge in [0.1, 0.15) is 0 Å². The standard InChI is InChI=1S/C17H13NO2/c1-2-3-4-11-18-16(19)13-9-5-7-12-8-6-10-14(15(12)13)17(18)20/h5-10H,4,11H2,1H3. The molecule has 98 valence electrons. The van der Waals surface area contributed by atoms with E-state index in [2.05, 4.69) is 11.8 Å². The summed E-state index contributed by atoms with van der Waals surface area (Å²) in [4.78, 5) is 26.2. The molecule has 1 heterocycles. The van der Waals surface area contributed by atoms with E-state index in [1.165, 1.54) is 4.90 Å². The van der Waals surface area contributed by atoms with Crippen LogP contribution in [-0.2, 0) is 0 Å². The van der Waals surface area contributed by atoms with E-state index < -0.39 is 0 Å². The lowest BCUT2D eigenvalue weighted by Crippen LogP contribution is -2.40. The first-order valence-electron chi connectivity index (χ1n) is 6.51. The number of imide groups is 1. The van der Waals surface area contributed by atoms with Gasteiger partial charge in [0.2, 0.25) is 0 Å². The van der Waals surface area contributed by atoms with Crippen LogP contribution in [0.3, 0.4) is 0 Å². The fourth-order valence-electron chi connectivity index (χ4n) is 2.58. The minimum atomic E-state index is -0.225. The average Bonchev–Trinajstić information content (AvgIpc) is 2.48. The SMILES string of the molecule is CC#CCCN1C(=O)c2cccc3cccc(c23)C1=O. The van der Waals surface area contributed by atoms with Crippen LogP contribution >= 0.6 is 0 Å². The lowest BCUT2D eigenvalue weighted by atomic mass is 9.94. The second kappa shape index (κ2) is 4.82. The molecule has 1 aliphatic rings. The van der Waals surface area contributed by atoms with Crippen molar-refractivity contribution < 1.29 is 9.59 Å². The van der Waals surface area contributed by atoms with Crippen molar-refractivity contribution in [3.8, 4) is 11.8 Å². The van der Waals surface area contributed by atoms with Crippen LogP contribution in [0.1, 0.15) is 34.1 Å². The van der Waals surface area contributed by atoms with Crippen LogP contribution < -0.4 is 0 Å². The third-order valence-corrected chi connectivity index (χ3v) is 3.49. The predicted molar refractivity (Wildman–Crippen MR) is 77.4 cm³/mol. The van der Waals surface area contributed by atoms with Gasteiger partial charge in [0.05, 0.1) is 0 Å². The molecule has 0 atom stereocenters. The minimum absolute atomic E-state index is 0.225. The summed E-state index contributed by atoms with van der Waals surface area (Å²) >= 11 is 0. The summed E-state index contributed by atoms with van der Waals surface area (Å²) < 4.78 is 0. The number of benzene rings is 2. The lowest BCUT2D eigenvalue weighted by molar-refractivity contribution is 0.0614. The van der Waals surface area contributed by atoms with Gasteiger partial charge in [-0.05, 0) is 24.4 Å². The van der Waals surface area contributed by atoms with Crippen LogP contribution in [0.5, 0.6) is 0 Å². The first kappa shape index (κ1) is 12.4. The summed E-state index contributed by atoms with van der Waals surface area (Å²) in [6.45, 7) is 2.08.